The summed E-state index contributed by atoms with van der Waals surface area (Å²) in [7, 11) is 0. The summed E-state index contributed by atoms with van der Waals surface area (Å²) in [6.07, 6.45) is 6.89. The van der Waals surface area contributed by atoms with Crippen LogP contribution in [-0.4, -0.2) is 44.9 Å². The molecule has 2 heterocycles. The predicted octanol–water partition coefficient (Wildman–Crippen LogP) is 5.13. The highest BCUT2D eigenvalue weighted by molar-refractivity contribution is 7.99. The molecule has 4 rings (SSSR count). The average molecular weight is 588 g/mol. The molecular formula is C27H30ClN5O4S2. The Labute approximate surface area is 240 Å². The van der Waals surface area contributed by atoms with E-state index in [0.29, 0.717) is 33.1 Å². The van der Waals surface area contributed by atoms with Crippen molar-refractivity contribution in [2.45, 2.75) is 57.8 Å². The van der Waals surface area contributed by atoms with Gasteiger partial charge in [-0.1, -0.05) is 41.6 Å². The minimum Gasteiger partial charge on any atom is -0.462 e. The first-order valence-electron chi connectivity index (χ1n) is 12.8. The highest BCUT2D eigenvalue weighted by Gasteiger charge is 2.27. The van der Waals surface area contributed by atoms with Gasteiger partial charge in [-0.3, -0.25) is 9.59 Å². The molecule has 0 spiro atoms. The third-order valence-corrected chi connectivity index (χ3v) is 8.60. The number of aryl methyl sites for hydroxylation is 1. The highest BCUT2D eigenvalue weighted by Crippen LogP contribution is 2.38. The van der Waals surface area contributed by atoms with E-state index in [2.05, 4.69) is 20.8 Å². The van der Waals surface area contributed by atoms with Gasteiger partial charge in [0.05, 0.1) is 24.5 Å². The zero-order chi connectivity index (χ0) is 27.8. The minimum atomic E-state index is -0.390. The minimum absolute atomic E-state index is 0.0932. The number of ether oxygens (including phenoxy) is 1. The molecule has 0 atom stereocenters. The number of hydrogen-bond acceptors (Lipinski definition) is 8. The maximum absolute atomic E-state index is 12.9. The van der Waals surface area contributed by atoms with E-state index < -0.39 is 0 Å². The number of rotatable bonds is 11. The number of fused-ring (bicyclic) bond motifs is 1. The molecule has 0 bridgehead atoms. The van der Waals surface area contributed by atoms with Crippen LogP contribution in [0.25, 0.3) is 6.08 Å². The molecule has 0 fully saturated rings. The van der Waals surface area contributed by atoms with Crippen molar-refractivity contribution >= 4 is 63.6 Å². The van der Waals surface area contributed by atoms with E-state index >= 15 is 0 Å². The fraction of sp³-hybridized carbons (Fsp3) is 0.370. The molecule has 1 aliphatic rings. The summed E-state index contributed by atoms with van der Waals surface area (Å²) in [6, 6.07) is 7.26. The van der Waals surface area contributed by atoms with Crippen molar-refractivity contribution in [3.8, 4) is 0 Å². The molecule has 39 heavy (non-hydrogen) atoms. The van der Waals surface area contributed by atoms with Gasteiger partial charge in [0, 0.05) is 22.5 Å². The molecule has 206 valence electrons. The number of thioether (sulfide) groups is 1. The van der Waals surface area contributed by atoms with Crippen LogP contribution in [-0.2, 0) is 40.3 Å². The molecule has 1 aromatic carbocycles. The molecular weight excluding hydrogens is 558 g/mol. The van der Waals surface area contributed by atoms with E-state index in [9.17, 15) is 14.4 Å². The van der Waals surface area contributed by atoms with Crippen LogP contribution in [0.2, 0.25) is 5.02 Å². The van der Waals surface area contributed by atoms with Crippen LogP contribution < -0.4 is 10.6 Å². The molecule has 0 saturated carbocycles. The zero-order valence-electron chi connectivity index (χ0n) is 21.8. The van der Waals surface area contributed by atoms with Crippen LogP contribution in [0.4, 0.5) is 5.00 Å². The first kappa shape index (κ1) is 28.8. The molecule has 0 saturated heterocycles. The van der Waals surface area contributed by atoms with Gasteiger partial charge in [-0.2, -0.15) is 0 Å². The maximum Gasteiger partial charge on any atom is 0.341 e. The van der Waals surface area contributed by atoms with Gasteiger partial charge in [0.2, 0.25) is 11.8 Å². The third kappa shape index (κ3) is 7.28. The van der Waals surface area contributed by atoms with Crippen LogP contribution in [0.15, 0.2) is 35.5 Å². The maximum atomic E-state index is 12.9. The summed E-state index contributed by atoms with van der Waals surface area (Å²) in [4.78, 5) is 38.9. The lowest BCUT2D eigenvalue weighted by Gasteiger charge is -2.12. The van der Waals surface area contributed by atoms with Gasteiger partial charge in [-0.25, -0.2) is 4.79 Å². The Balaban J connectivity index is 1.35. The first-order chi connectivity index (χ1) is 18.9. The van der Waals surface area contributed by atoms with Crippen molar-refractivity contribution in [1.82, 2.24) is 20.1 Å². The highest BCUT2D eigenvalue weighted by atomic mass is 35.5. The predicted molar refractivity (Wildman–Crippen MR) is 154 cm³/mol. The van der Waals surface area contributed by atoms with Gasteiger partial charge >= 0.3 is 5.97 Å². The lowest BCUT2D eigenvalue weighted by molar-refractivity contribution is -0.116. The second kappa shape index (κ2) is 13.8. The van der Waals surface area contributed by atoms with Crippen molar-refractivity contribution < 1.29 is 19.1 Å². The van der Waals surface area contributed by atoms with E-state index in [4.69, 9.17) is 16.3 Å². The third-order valence-electron chi connectivity index (χ3n) is 6.09. The number of nitrogens with one attached hydrogen (secondary N) is 2. The number of thiophene rings is 1. The number of esters is 1. The molecule has 2 amide bonds. The Morgan fingerprint density at radius 2 is 1.97 bits per heavy atom. The van der Waals surface area contributed by atoms with Gasteiger partial charge in [0.1, 0.15) is 5.00 Å². The van der Waals surface area contributed by atoms with Crippen LogP contribution in [0.1, 0.15) is 58.9 Å². The summed E-state index contributed by atoms with van der Waals surface area (Å²) in [5.41, 5.74) is 2.25. The summed E-state index contributed by atoms with van der Waals surface area (Å²) in [5.74, 6) is -0.246. The Morgan fingerprint density at radius 1 is 1.18 bits per heavy atom. The molecule has 9 nitrogen and oxygen atoms in total. The Kier molecular flexibility index (Phi) is 10.2. The number of amides is 2. The van der Waals surface area contributed by atoms with Crippen LogP contribution in [0.5, 0.6) is 0 Å². The Hall–Kier alpha value is -3.15. The number of carbonyl (C=O) groups is 3. The molecule has 1 aliphatic carbocycles. The van der Waals surface area contributed by atoms with E-state index in [0.717, 1.165) is 41.7 Å². The monoisotopic (exact) mass is 587 g/mol. The van der Waals surface area contributed by atoms with Crippen molar-refractivity contribution in [3.63, 3.8) is 0 Å². The molecule has 2 N–H and O–H groups in total. The van der Waals surface area contributed by atoms with Gasteiger partial charge < -0.3 is 19.9 Å². The lowest BCUT2D eigenvalue weighted by atomic mass is 9.95. The molecule has 12 heteroatoms. The second-order valence-electron chi connectivity index (χ2n) is 8.69. The second-order valence-corrected chi connectivity index (χ2v) is 11.1. The average Bonchev–Trinajstić information content (AvgIpc) is 3.50. The summed E-state index contributed by atoms with van der Waals surface area (Å²) >= 11 is 8.83. The topological polar surface area (TPSA) is 115 Å². The zero-order valence-corrected chi connectivity index (χ0v) is 24.2. The Bertz CT molecular complexity index is 1380. The SMILES string of the molecule is CCOC(=O)c1c(NC(=O)CSc2nnc(CNC(=O)/C=C/c3ccccc3Cl)n2CC)sc2c1CCCC2. The van der Waals surface area contributed by atoms with Crippen LogP contribution in [0, 0.1) is 0 Å². The van der Waals surface area contributed by atoms with Gasteiger partial charge in [0.15, 0.2) is 11.0 Å². The van der Waals surface area contributed by atoms with Crippen molar-refractivity contribution in [2.24, 2.45) is 0 Å². The largest absolute Gasteiger partial charge is 0.462 e. The van der Waals surface area contributed by atoms with Gasteiger partial charge in [-0.05, 0) is 62.8 Å². The number of hydrogen-bond donors (Lipinski definition) is 2. The lowest BCUT2D eigenvalue weighted by Crippen LogP contribution is -2.22. The standard InChI is InChI=1S/C27H30ClN5O4S2/c1-3-33-21(15-29-22(34)14-13-17-9-5-7-11-19(17)28)31-32-27(33)38-16-23(35)30-25-24(26(36)37-4-2)18-10-6-8-12-20(18)39-25/h5,7,9,11,13-14H,3-4,6,8,10,12,15-16H2,1-2H3,(H,29,34)(H,30,35)/b14-13+. The van der Waals surface area contributed by atoms with Crippen LogP contribution in [0.3, 0.4) is 0 Å². The van der Waals surface area contributed by atoms with Crippen molar-refractivity contribution in [2.75, 3.05) is 17.7 Å². The van der Waals surface area contributed by atoms with Gasteiger partial charge in [-0.15, -0.1) is 21.5 Å². The summed E-state index contributed by atoms with van der Waals surface area (Å²) < 4.78 is 7.12. The van der Waals surface area contributed by atoms with Gasteiger partial charge in [0.25, 0.3) is 0 Å². The summed E-state index contributed by atoms with van der Waals surface area (Å²) in [5, 5.41) is 15.8. The fourth-order valence-electron chi connectivity index (χ4n) is 4.24. The number of nitrogens with zero attached hydrogens (tertiary/aromatic N) is 3. The number of halogens is 1. The van der Waals surface area contributed by atoms with Crippen molar-refractivity contribution in [1.29, 1.82) is 0 Å². The summed E-state index contributed by atoms with van der Waals surface area (Å²) in [6.45, 7) is 4.75. The molecule has 3 aromatic rings. The molecule has 0 radical (unpaired) electrons. The number of anilines is 1. The van der Waals surface area contributed by atoms with Crippen LogP contribution >= 0.6 is 34.7 Å². The number of carbonyl (C=O) groups excluding carboxylic acids is 3. The molecule has 0 unspecified atom stereocenters. The number of benzene rings is 1. The Morgan fingerprint density at radius 3 is 2.74 bits per heavy atom. The van der Waals surface area contributed by atoms with Crippen molar-refractivity contribution in [3.05, 3.63) is 62.8 Å². The van der Waals surface area contributed by atoms with E-state index in [1.807, 2.05) is 29.7 Å². The quantitative estimate of drug-likeness (QED) is 0.181. The van der Waals surface area contributed by atoms with E-state index in [1.165, 1.54) is 29.2 Å². The smallest absolute Gasteiger partial charge is 0.341 e. The first-order valence-corrected chi connectivity index (χ1v) is 15.0. The molecule has 2 aromatic heterocycles. The van der Waals surface area contributed by atoms with E-state index in [-0.39, 0.29) is 36.7 Å². The number of aromatic nitrogens is 3. The normalized spacial score (nSPS) is 12.8. The fourth-order valence-corrected chi connectivity index (χ4v) is 6.55. The molecule has 0 aliphatic heterocycles. The van der Waals surface area contributed by atoms with E-state index in [1.54, 1.807) is 19.1 Å².